The lowest BCUT2D eigenvalue weighted by molar-refractivity contribution is 0.379. The SMILES string of the molecule is CC1(CCc2cccs2)C=C(O[Si](C)(C)C)CC1. The molecule has 1 aromatic rings. The Bertz CT molecular complexity index is 416. The number of rotatable bonds is 5. The second-order valence-corrected chi connectivity index (χ2v) is 12.0. The zero-order chi connectivity index (χ0) is 13.2. The van der Waals surface area contributed by atoms with Crippen molar-refractivity contribution in [2.24, 2.45) is 5.41 Å². The summed E-state index contributed by atoms with van der Waals surface area (Å²) in [6.45, 7) is 9.15. The van der Waals surface area contributed by atoms with Gasteiger partial charge >= 0.3 is 0 Å². The summed E-state index contributed by atoms with van der Waals surface area (Å²) < 4.78 is 6.13. The van der Waals surface area contributed by atoms with Crippen LogP contribution in [0, 0.1) is 5.41 Å². The molecule has 0 spiro atoms. The molecule has 3 heteroatoms. The van der Waals surface area contributed by atoms with Crippen molar-refractivity contribution in [2.45, 2.75) is 52.2 Å². The van der Waals surface area contributed by atoms with Crippen LogP contribution in [0.2, 0.25) is 19.6 Å². The summed E-state index contributed by atoms with van der Waals surface area (Å²) in [5.74, 6) is 1.25. The molecule has 0 aromatic carbocycles. The van der Waals surface area contributed by atoms with Gasteiger partial charge in [-0.05, 0) is 61.8 Å². The van der Waals surface area contributed by atoms with Crippen LogP contribution in [-0.4, -0.2) is 8.32 Å². The Kier molecular flexibility index (Phi) is 4.02. The lowest BCUT2D eigenvalue weighted by atomic mass is 9.85. The molecule has 1 heterocycles. The van der Waals surface area contributed by atoms with Gasteiger partial charge in [-0.15, -0.1) is 11.3 Å². The molecule has 1 aliphatic rings. The third-order valence-corrected chi connectivity index (χ3v) is 5.22. The van der Waals surface area contributed by atoms with Crippen LogP contribution in [0.4, 0.5) is 0 Å². The third kappa shape index (κ3) is 3.99. The quantitative estimate of drug-likeness (QED) is 0.672. The smallest absolute Gasteiger partial charge is 0.241 e. The van der Waals surface area contributed by atoms with E-state index in [9.17, 15) is 0 Å². The maximum atomic E-state index is 6.13. The van der Waals surface area contributed by atoms with Gasteiger partial charge in [0.25, 0.3) is 0 Å². The van der Waals surface area contributed by atoms with Crippen molar-refractivity contribution in [2.75, 3.05) is 0 Å². The second kappa shape index (κ2) is 5.22. The van der Waals surface area contributed by atoms with Crippen molar-refractivity contribution < 1.29 is 4.43 Å². The molecule has 1 atom stereocenters. The van der Waals surface area contributed by atoms with E-state index in [1.54, 1.807) is 0 Å². The van der Waals surface area contributed by atoms with Gasteiger partial charge in [-0.2, -0.15) is 0 Å². The van der Waals surface area contributed by atoms with Crippen molar-refractivity contribution in [3.05, 3.63) is 34.2 Å². The molecule has 100 valence electrons. The van der Waals surface area contributed by atoms with Crippen molar-refractivity contribution in [1.29, 1.82) is 0 Å². The fourth-order valence-corrected chi connectivity index (χ4v) is 4.13. The molecule has 2 rings (SSSR count). The Hall–Kier alpha value is -0.543. The first-order valence-corrected chi connectivity index (χ1v) is 11.1. The van der Waals surface area contributed by atoms with Gasteiger partial charge < -0.3 is 4.43 Å². The summed E-state index contributed by atoms with van der Waals surface area (Å²) in [6, 6.07) is 4.39. The number of hydrogen-bond acceptors (Lipinski definition) is 2. The van der Waals surface area contributed by atoms with Crippen LogP contribution in [0.5, 0.6) is 0 Å². The van der Waals surface area contributed by atoms with E-state index in [-0.39, 0.29) is 0 Å². The lowest BCUT2D eigenvalue weighted by Crippen LogP contribution is -2.24. The Morgan fingerprint density at radius 3 is 2.78 bits per heavy atom. The van der Waals surface area contributed by atoms with Gasteiger partial charge in [0.1, 0.15) is 0 Å². The lowest BCUT2D eigenvalue weighted by Gasteiger charge is -2.21. The van der Waals surface area contributed by atoms with E-state index < -0.39 is 8.32 Å². The first-order chi connectivity index (χ1) is 8.36. The summed E-state index contributed by atoms with van der Waals surface area (Å²) in [4.78, 5) is 1.50. The monoisotopic (exact) mass is 280 g/mol. The zero-order valence-corrected chi connectivity index (χ0v) is 13.8. The maximum Gasteiger partial charge on any atom is 0.241 e. The molecule has 0 aliphatic heterocycles. The van der Waals surface area contributed by atoms with E-state index in [1.165, 1.54) is 29.9 Å². The first-order valence-electron chi connectivity index (χ1n) is 6.79. The van der Waals surface area contributed by atoms with Gasteiger partial charge in [0.05, 0.1) is 5.76 Å². The molecule has 0 radical (unpaired) electrons. The fourth-order valence-electron chi connectivity index (χ4n) is 2.48. The zero-order valence-electron chi connectivity index (χ0n) is 12.0. The minimum atomic E-state index is -1.43. The highest BCUT2D eigenvalue weighted by Crippen LogP contribution is 2.40. The summed E-state index contributed by atoms with van der Waals surface area (Å²) >= 11 is 1.87. The number of aryl methyl sites for hydroxylation is 1. The molecule has 1 aliphatic carbocycles. The van der Waals surface area contributed by atoms with E-state index in [4.69, 9.17) is 4.43 Å². The summed E-state index contributed by atoms with van der Waals surface area (Å²) in [6.07, 6.45) is 7.22. The van der Waals surface area contributed by atoms with Crippen LogP contribution in [-0.2, 0) is 10.8 Å². The van der Waals surface area contributed by atoms with Crippen molar-refractivity contribution in [3.63, 3.8) is 0 Å². The van der Waals surface area contributed by atoms with Gasteiger partial charge in [-0.3, -0.25) is 0 Å². The molecule has 1 aromatic heterocycles. The van der Waals surface area contributed by atoms with Gasteiger partial charge in [0.15, 0.2) is 0 Å². The van der Waals surface area contributed by atoms with E-state index in [0.29, 0.717) is 5.41 Å². The van der Waals surface area contributed by atoms with Crippen molar-refractivity contribution in [3.8, 4) is 0 Å². The molecule has 1 nitrogen and oxygen atoms in total. The van der Waals surface area contributed by atoms with Crippen LogP contribution < -0.4 is 0 Å². The molecule has 0 saturated carbocycles. The molecule has 18 heavy (non-hydrogen) atoms. The van der Waals surface area contributed by atoms with Gasteiger partial charge in [0.2, 0.25) is 8.32 Å². The molecular formula is C15H24OSSi. The predicted molar refractivity (Wildman–Crippen MR) is 82.5 cm³/mol. The average molecular weight is 281 g/mol. The average Bonchev–Trinajstić information content (AvgIpc) is 2.84. The highest BCUT2D eigenvalue weighted by Gasteiger charge is 2.30. The number of thiophene rings is 1. The van der Waals surface area contributed by atoms with E-state index >= 15 is 0 Å². The van der Waals surface area contributed by atoms with Gasteiger partial charge in [-0.25, -0.2) is 0 Å². The standard InChI is InChI=1S/C15H24OSSi/c1-15(10-8-14-6-5-11-17-14)9-7-13(12-15)16-18(2,3)4/h5-6,11-12H,7-10H2,1-4H3. The minimum absolute atomic E-state index is 0.346. The predicted octanol–water partition coefficient (Wildman–Crippen LogP) is 5.22. The van der Waals surface area contributed by atoms with Crippen LogP contribution in [0.1, 0.15) is 31.1 Å². The Morgan fingerprint density at radius 2 is 2.17 bits per heavy atom. The Morgan fingerprint density at radius 1 is 1.39 bits per heavy atom. The Balaban J connectivity index is 1.92. The minimum Gasteiger partial charge on any atom is -0.548 e. The van der Waals surface area contributed by atoms with Gasteiger partial charge in [-0.1, -0.05) is 13.0 Å². The van der Waals surface area contributed by atoms with Gasteiger partial charge in [0, 0.05) is 11.3 Å². The highest BCUT2D eigenvalue weighted by molar-refractivity contribution is 7.09. The molecule has 0 N–H and O–H groups in total. The topological polar surface area (TPSA) is 9.23 Å². The first kappa shape index (κ1) is 13.9. The molecule has 1 unspecified atom stereocenters. The molecule has 0 saturated heterocycles. The van der Waals surface area contributed by atoms with E-state index in [2.05, 4.69) is 50.2 Å². The maximum absolute atomic E-state index is 6.13. The normalized spacial score (nSPS) is 24.1. The van der Waals surface area contributed by atoms with Crippen LogP contribution in [0.3, 0.4) is 0 Å². The fraction of sp³-hybridized carbons (Fsp3) is 0.600. The number of allylic oxidation sites excluding steroid dienone is 2. The molecule has 0 amide bonds. The Labute approximate surface area is 116 Å². The highest BCUT2D eigenvalue weighted by atomic mass is 32.1. The largest absolute Gasteiger partial charge is 0.548 e. The van der Waals surface area contributed by atoms with E-state index in [0.717, 1.165) is 6.42 Å². The van der Waals surface area contributed by atoms with E-state index in [1.807, 2.05) is 11.3 Å². The number of hydrogen-bond donors (Lipinski definition) is 0. The summed E-state index contributed by atoms with van der Waals surface area (Å²) in [5.41, 5.74) is 0.346. The summed E-state index contributed by atoms with van der Waals surface area (Å²) in [5, 5.41) is 2.17. The molecule has 0 fully saturated rings. The third-order valence-electron chi connectivity index (χ3n) is 3.41. The van der Waals surface area contributed by atoms with Crippen molar-refractivity contribution >= 4 is 19.7 Å². The van der Waals surface area contributed by atoms with Crippen LogP contribution >= 0.6 is 11.3 Å². The summed E-state index contributed by atoms with van der Waals surface area (Å²) in [7, 11) is -1.43. The molecule has 0 bridgehead atoms. The van der Waals surface area contributed by atoms with Crippen LogP contribution in [0.15, 0.2) is 29.3 Å². The second-order valence-electron chi connectivity index (χ2n) is 6.56. The van der Waals surface area contributed by atoms with Crippen molar-refractivity contribution in [1.82, 2.24) is 0 Å². The molecular weight excluding hydrogens is 256 g/mol. The van der Waals surface area contributed by atoms with Crippen LogP contribution in [0.25, 0.3) is 0 Å².